The predicted octanol–water partition coefficient (Wildman–Crippen LogP) is 15.7. The first-order valence-electron chi connectivity index (χ1n) is 28.5. The van der Waals surface area contributed by atoms with Gasteiger partial charge in [0, 0.05) is 37.4 Å². The molecular formula is C60H96N4O2. The molecule has 2 N–H and O–H groups in total. The molecule has 0 radical (unpaired) electrons. The van der Waals surface area contributed by atoms with Gasteiger partial charge in [-0.1, -0.05) is 206 Å². The van der Waals surface area contributed by atoms with Gasteiger partial charge in [-0.15, -0.1) is 0 Å². The van der Waals surface area contributed by atoms with Crippen LogP contribution in [0.4, 0.5) is 0 Å². The van der Waals surface area contributed by atoms with Crippen molar-refractivity contribution in [1.82, 2.24) is 10.3 Å². The zero-order chi connectivity index (χ0) is 47.2. The number of nitrogens with one attached hydrogen (secondary N) is 2. The molecule has 0 fully saturated rings. The molecule has 5 heterocycles. The fourth-order valence-electron chi connectivity index (χ4n) is 10.0. The Morgan fingerprint density at radius 1 is 0.515 bits per heavy atom. The van der Waals surface area contributed by atoms with Crippen molar-refractivity contribution in [2.45, 2.75) is 257 Å². The molecule has 66 heavy (non-hydrogen) atoms. The zero-order valence-electron chi connectivity index (χ0n) is 43.8. The number of allylic oxidation sites excluding steroid dienone is 5. The van der Waals surface area contributed by atoms with Crippen molar-refractivity contribution in [1.29, 1.82) is 0 Å². The van der Waals surface area contributed by atoms with Crippen LogP contribution in [0.15, 0.2) is 81.2 Å². The quantitative estimate of drug-likeness (QED) is 0.0650. The zero-order valence-corrected chi connectivity index (χ0v) is 42.8. The van der Waals surface area contributed by atoms with Crippen LogP contribution in [0, 0.1) is 0 Å². The summed E-state index contributed by atoms with van der Waals surface area (Å²) in [5.74, 6) is 0. The van der Waals surface area contributed by atoms with Gasteiger partial charge >= 0.3 is 0 Å². The van der Waals surface area contributed by atoms with Gasteiger partial charge in [0.25, 0.3) is 0 Å². The Hall–Kier alpha value is -3.22. The van der Waals surface area contributed by atoms with Crippen LogP contribution >= 0.6 is 0 Å². The molecule has 0 aliphatic carbocycles. The minimum Gasteiger partial charge on any atom is -0.376 e. The van der Waals surface area contributed by atoms with Gasteiger partial charge in [-0.25, -0.2) is 9.98 Å². The Bertz CT molecular complexity index is 1900. The summed E-state index contributed by atoms with van der Waals surface area (Å²) in [5.41, 5.74) is 4.49. The summed E-state index contributed by atoms with van der Waals surface area (Å²) < 4.78 is 23.5. The molecule has 5 rings (SSSR count). The van der Waals surface area contributed by atoms with Gasteiger partial charge in [0.2, 0.25) is 0 Å². The number of ether oxygens (including phenoxy) is 2. The molecule has 0 saturated heterocycles. The molecule has 4 aliphatic rings. The molecule has 4 atom stereocenters. The molecule has 0 saturated carbocycles. The van der Waals surface area contributed by atoms with E-state index < -0.39 is 11.9 Å². The Balaban J connectivity index is 1.12. The lowest BCUT2D eigenvalue weighted by atomic mass is 9.86. The summed E-state index contributed by atoms with van der Waals surface area (Å²) in [6.07, 6.45) is 58.8. The van der Waals surface area contributed by atoms with Crippen LogP contribution in [0.1, 0.15) is 241 Å². The number of unbranched alkanes of at least 4 members (excludes halogenated alkanes) is 30. The van der Waals surface area contributed by atoms with Crippen LogP contribution in [0.2, 0.25) is 0 Å². The smallest absolute Gasteiger partial charge is 0.0878 e. The van der Waals surface area contributed by atoms with Crippen LogP contribution in [-0.2, 0) is 9.47 Å². The number of hydrogen-bond acceptors (Lipinski definition) is 5. The van der Waals surface area contributed by atoms with Crippen molar-refractivity contribution in [3.05, 3.63) is 82.0 Å². The number of H-pyrrole nitrogens is 1. The molecule has 368 valence electrons. The van der Waals surface area contributed by atoms with Gasteiger partial charge in [0.05, 0.1) is 40.6 Å². The minimum absolute atomic E-state index is 0.239. The fraction of sp³-hybridized carbons (Fsp3) is 0.700. The summed E-state index contributed by atoms with van der Waals surface area (Å²) in [5, 5.41) is 5.89. The highest BCUT2D eigenvalue weighted by Gasteiger charge is 2.43. The van der Waals surface area contributed by atoms with Crippen molar-refractivity contribution in [3.63, 3.8) is 0 Å². The van der Waals surface area contributed by atoms with Gasteiger partial charge in [-0.05, 0) is 93.0 Å². The van der Waals surface area contributed by atoms with Gasteiger partial charge in [-0.3, -0.25) is 0 Å². The largest absolute Gasteiger partial charge is 0.376 e. The first kappa shape index (κ1) is 52.2. The van der Waals surface area contributed by atoms with E-state index in [0.717, 1.165) is 57.6 Å². The van der Waals surface area contributed by atoms with E-state index in [2.05, 4.69) is 98.7 Å². The molecule has 6 heteroatoms. The second-order valence-corrected chi connectivity index (χ2v) is 20.2. The van der Waals surface area contributed by atoms with Crippen molar-refractivity contribution in [3.8, 4) is 0 Å². The number of aliphatic imine (C=N–C) groups is 2. The molecule has 1 aromatic heterocycles. The summed E-state index contributed by atoms with van der Waals surface area (Å²) in [7, 11) is 0. The fourth-order valence-corrected chi connectivity index (χ4v) is 10.0. The average Bonchev–Trinajstić information content (AvgIpc) is 4.13. The van der Waals surface area contributed by atoms with Gasteiger partial charge < -0.3 is 19.8 Å². The number of nitrogens with zero attached hydrogens (tertiary/aromatic N) is 2. The van der Waals surface area contributed by atoms with E-state index in [1.807, 2.05) is 0 Å². The predicted molar refractivity (Wildman–Crippen MR) is 286 cm³/mol. The van der Waals surface area contributed by atoms with E-state index in [4.69, 9.17) is 19.5 Å². The highest BCUT2D eigenvalue weighted by molar-refractivity contribution is 6.20. The Kier molecular flexibility index (Phi) is 25.7. The lowest BCUT2D eigenvalue weighted by molar-refractivity contribution is 0.0163. The third kappa shape index (κ3) is 20.6. The number of aromatic nitrogens is 1. The molecule has 8 bridgehead atoms. The third-order valence-corrected chi connectivity index (χ3v) is 14.3. The summed E-state index contributed by atoms with van der Waals surface area (Å²) in [6, 6.07) is 4.16. The highest BCUT2D eigenvalue weighted by atomic mass is 16.5. The topological polar surface area (TPSA) is 71.0 Å². The molecule has 4 unspecified atom stereocenters. The second kappa shape index (κ2) is 32.5. The van der Waals surface area contributed by atoms with Gasteiger partial charge in [0.15, 0.2) is 0 Å². The maximum Gasteiger partial charge on any atom is 0.0878 e. The van der Waals surface area contributed by atoms with E-state index >= 15 is 0 Å². The van der Waals surface area contributed by atoms with Crippen LogP contribution in [0.5, 0.6) is 0 Å². The summed E-state index contributed by atoms with van der Waals surface area (Å²) >= 11 is 0. The van der Waals surface area contributed by atoms with Gasteiger partial charge in [-0.2, -0.15) is 0 Å². The monoisotopic (exact) mass is 906 g/mol. The van der Waals surface area contributed by atoms with E-state index in [-0.39, 0.29) is 12.2 Å². The number of hydrogen-bond donors (Lipinski definition) is 2. The minimum atomic E-state index is -0.848. The van der Waals surface area contributed by atoms with E-state index in [0.29, 0.717) is 13.2 Å². The third-order valence-electron chi connectivity index (χ3n) is 14.3. The lowest BCUT2D eigenvalue weighted by Gasteiger charge is -2.35. The standard InChI is InChI=1S/C60H96N4O2/c1-5-7-9-11-13-15-17-19-21-23-25-27-29-31-33-35-43-65-50(3)58-49-60(51(4)66-44-36-34-32-30-28-26-24-22-20-18-16-14-12-10-8-6-2)48-57-42-41-55(63-57)46-53-38-37-52(61-53)45-54-39-40-56(62-54)47-59(58)64-60/h37-42,45-48,50-51,61,64H,5-36,43-44,49H2,1-4H3/i49D. The van der Waals surface area contributed by atoms with E-state index in [1.165, 1.54) is 193 Å². The van der Waals surface area contributed by atoms with Crippen LogP contribution < -0.4 is 16.0 Å². The molecule has 1 aromatic rings. The van der Waals surface area contributed by atoms with Crippen molar-refractivity contribution in [2.24, 2.45) is 9.98 Å². The molecular weight excluding hydrogens is 809 g/mol. The Morgan fingerprint density at radius 3 is 1.36 bits per heavy atom. The van der Waals surface area contributed by atoms with E-state index in [9.17, 15) is 1.37 Å². The second-order valence-electron chi connectivity index (χ2n) is 20.2. The van der Waals surface area contributed by atoms with Crippen molar-refractivity contribution in [2.75, 3.05) is 13.2 Å². The van der Waals surface area contributed by atoms with Crippen molar-refractivity contribution >= 4 is 23.6 Å². The lowest BCUT2D eigenvalue weighted by Crippen LogP contribution is -2.49. The Morgan fingerprint density at radius 2 is 0.909 bits per heavy atom. The van der Waals surface area contributed by atoms with Crippen LogP contribution in [0.25, 0.3) is 12.2 Å². The summed E-state index contributed by atoms with van der Waals surface area (Å²) in [6.45, 7) is 10.2. The molecule has 0 aromatic carbocycles. The molecule has 0 spiro atoms. The van der Waals surface area contributed by atoms with Crippen LogP contribution in [0.3, 0.4) is 0 Å². The maximum atomic E-state index is 10.1. The molecule has 0 amide bonds. The SMILES string of the molecule is [2H]C1C(C(C)OCCCCCCCCCCCCCCCCCC)=C2C=C3C=CC(=N3)C=c3ccc([nH]3)=CC3=NC(=CC1(C(C)OCCCCCCCCCCCCCCCCCC)N2)C=C3. The molecule has 4 aliphatic heterocycles. The first-order valence-corrected chi connectivity index (χ1v) is 28.0. The number of rotatable bonds is 38. The van der Waals surface area contributed by atoms with Crippen molar-refractivity contribution < 1.29 is 10.8 Å². The normalized spacial score (nSPS) is 19.8. The number of fused-ring (bicyclic) bond motifs is 6. The average molecular weight is 906 g/mol. The highest BCUT2D eigenvalue weighted by Crippen LogP contribution is 2.38. The number of aromatic amines is 1. The Labute approximate surface area is 405 Å². The maximum absolute atomic E-state index is 10.1. The van der Waals surface area contributed by atoms with E-state index in [1.54, 1.807) is 0 Å². The first-order chi connectivity index (χ1) is 32.9. The molecule has 6 nitrogen and oxygen atoms in total. The van der Waals surface area contributed by atoms with Gasteiger partial charge in [0.1, 0.15) is 0 Å². The van der Waals surface area contributed by atoms with Crippen LogP contribution in [-0.4, -0.2) is 47.4 Å². The summed E-state index contributed by atoms with van der Waals surface area (Å²) in [4.78, 5) is 13.5.